The third-order valence-electron chi connectivity index (χ3n) is 8.42. The third-order valence-corrected chi connectivity index (χ3v) is 8.42. The summed E-state index contributed by atoms with van der Waals surface area (Å²) in [6.45, 7) is 11.7. The molecule has 3 saturated heterocycles. The van der Waals surface area contributed by atoms with E-state index in [0.717, 1.165) is 12.0 Å². The van der Waals surface area contributed by atoms with E-state index >= 15 is 0 Å². The molecular formula is C33H50N2O10. The van der Waals surface area contributed by atoms with Crippen molar-refractivity contribution in [3.63, 3.8) is 0 Å². The Labute approximate surface area is 265 Å². The topological polar surface area (TPSA) is 173 Å². The van der Waals surface area contributed by atoms with Gasteiger partial charge in [-0.05, 0) is 45.6 Å². The molecule has 45 heavy (non-hydrogen) atoms. The number of carboxylic acid groups (broad SMARTS) is 1. The van der Waals surface area contributed by atoms with E-state index in [-0.39, 0.29) is 67.3 Å². The summed E-state index contributed by atoms with van der Waals surface area (Å²) >= 11 is 0. The van der Waals surface area contributed by atoms with Crippen LogP contribution in [0.15, 0.2) is 36.0 Å². The van der Waals surface area contributed by atoms with Crippen LogP contribution in [0.25, 0.3) is 0 Å². The highest BCUT2D eigenvalue weighted by molar-refractivity contribution is 5.87. The molecule has 1 spiro atoms. The maximum absolute atomic E-state index is 12.5. The third kappa shape index (κ3) is 11.4. The fourth-order valence-electron chi connectivity index (χ4n) is 5.53. The van der Waals surface area contributed by atoms with Crippen LogP contribution in [0, 0.1) is 11.8 Å². The zero-order valence-electron chi connectivity index (χ0n) is 27.2. The van der Waals surface area contributed by atoms with E-state index in [1.165, 1.54) is 6.08 Å². The lowest BCUT2D eigenvalue weighted by Crippen LogP contribution is -2.51. The van der Waals surface area contributed by atoms with E-state index in [4.69, 9.17) is 24.1 Å². The van der Waals surface area contributed by atoms with E-state index in [0.29, 0.717) is 19.4 Å². The highest BCUT2D eigenvalue weighted by Gasteiger charge is 2.58. The SMILES string of the molecule is CC(/C=C/[C@H]1O[C@H](CC(=O)NCCC(=O)O)C[C@@]2(CO2)[C@@H]1O)=C\C[C@@H]1O[C@H](C)[C@H](NC(=O)/C=C\[C@H](C)OC(=O)C(C)C)C[C@@H]1C. The summed E-state index contributed by atoms with van der Waals surface area (Å²) in [6.07, 6.45) is 7.67. The van der Waals surface area contributed by atoms with Crippen LogP contribution >= 0.6 is 0 Å². The first-order valence-corrected chi connectivity index (χ1v) is 15.8. The number of aliphatic hydroxyl groups excluding tert-OH is 1. The lowest BCUT2D eigenvalue weighted by Gasteiger charge is -2.39. The molecule has 0 aliphatic carbocycles. The first kappa shape index (κ1) is 36.4. The molecule has 12 heteroatoms. The summed E-state index contributed by atoms with van der Waals surface area (Å²) < 4.78 is 23.2. The number of aliphatic hydroxyl groups is 1. The summed E-state index contributed by atoms with van der Waals surface area (Å²) in [4.78, 5) is 47.2. The van der Waals surface area contributed by atoms with Crippen LogP contribution in [-0.2, 0) is 38.1 Å². The van der Waals surface area contributed by atoms with Gasteiger partial charge < -0.3 is 39.8 Å². The average Bonchev–Trinajstić information content (AvgIpc) is 3.73. The normalized spacial score (nSPS) is 32.5. The minimum Gasteiger partial charge on any atom is -0.481 e. The van der Waals surface area contributed by atoms with Gasteiger partial charge in [0.2, 0.25) is 11.8 Å². The van der Waals surface area contributed by atoms with Crippen LogP contribution in [0.3, 0.4) is 0 Å². The standard InChI is InChI=1S/C33H50N2O10/c1-19(2)32(41)43-22(5)9-12-28(36)35-25-15-21(4)26(44-23(25)6)10-7-20(3)8-11-27-31(40)33(18-42-33)17-24(45-27)16-29(37)34-14-13-30(38)39/h7-9,11-12,19,21-27,31,40H,10,13-18H2,1-6H3,(H,34,37)(H,35,36)(H,38,39)/b11-8+,12-9-,20-7+/t21-,22-,23+,24+,25+,26-,27+,31+,33+/m0/s1. The Balaban J connectivity index is 1.48. The van der Waals surface area contributed by atoms with Crippen molar-refractivity contribution in [2.45, 2.75) is 122 Å². The maximum Gasteiger partial charge on any atom is 0.308 e. The van der Waals surface area contributed by atoms with E-state index < -0.39 is 36.0 Å². The van der Waals surface area contributed by atoms with Crippen LogP contribution in [-0.4, -0.2) is 95.4 Å². The molecule has 0 radical (unpaired) electrons. The van der Waals surface area contributed by atoms with Gasteiger partial charge in [-0.2, -0.15) is 0 Å². The number of hydrogen-bond donors (Lipinski definition) is 4. The molecule has 0 bridgehead atoms. The molecule has 252 valence electrons. The van der Waals surface area contributed by atoms with Gasteiger partial charge in [-0.1, -0.05) is 44.6 Å². The first-order valence-electron chi connectivity index (χ1n) is 15.8. The number of carbonyl (C=O) groups is 4. The second kappa shape index (κ2) is 16.5. The lowest BCUT2D eigenvalue weighted by molar-refractivity contribution is -0.150. The predicted molar refractivity (Wildman–Crippen MR) is 165 cm³/mol. The van der Waals surface area contributed by atoms with Crippen molar-refractivity contribution in [3.05, 3.63) is 36.0 Å². The molecule has 0 unspecified atom stereocenters. The molecule has 3 aliphatic rings. The summed E-state index contributed by atoms with van der Waals surface area (Å²) in [7, 11) is 0. The average molecular weight is 635 g/mol. The maximum atomic E-state index is 12.5. The molecule has 0 saturated carbocycles. The number of carbonyl (C=O) groups excluding carboxylic acids is 3. The Bertz CT molecular complexity index is 1140. The number of epoxide rings is 1. The monoisotopic (exact) mass is 634 g/mol. The molecule has 3 rings (SSSR count). The Kier molecular flexibility index (Phi) is 13.3. The minimum atomic E-state index is -0.985. The number of esters is 1. The molecule has 0 aromatic rings. The van der Waals surface area contributed by atoms with Crippen LogP contribution < -0.4 is 10.6 Å². The summed E-state index contributed by atoms with van der Waals surface area (Å²) in [6, 6.07) is -0.152. The number of amides is 2. The molecular weight excluding hydrogens is 584 g/mol. The molecule has 2 amide bonds. The van der Waals surface area contributed by atoms with E-state index in [9.17, 15) is 24.3 Å². The molecule has 3 aliphatic heterocycles. The zero-order chi connectivity index (χ0) is 33.3. The van der Waals surface area contributed by atoms with E-state index in [2.05, 4.69) is 23.6 Å². The summed E-state index contributed by atoms with van der Waals surface area (Å²) in [5.74, 6) is -1.92. The van der Waals surface area contributed by atoms with Crippen LogP contribution in [0.2, 0.25) is 0 Å². The number of aliphatic carboxylic acids is 1. The first-order chi connectivity index (χ1) is 21.2. The predicted octanol–water partition coefficient (Wildman–Crippen LogP) is 2.59. The van der Waals surface area contributed by atoms with Crippen molar-refractivity contribution < 1.29 is 48.3 Å². The van der Waals surface area contributed by atoms with Crippen molar-refractivity contribution in [2.24, 2.45) is 11.8 Å². The van der Waals surface area contributed by atoms with Gasteiger partial charge in [-0.25, -0.2) is 0 Å². The second-order valence-electron chi connectivity index (χ2n) is 12.8. The fourth-order valence-corrected chi connectivity index (χ4v) is 5.53. The van der Waals surface area contributed by atoms with Crippen molar-refractivity contribution in [2.75, 3.05) is 13.2 Å². The van der Waals surface area contributed by atoms with E-state index in [1.54, 1.807) is 32.9 Å². The van der Waals surface area contributed by atoms with Gasteiger partial charge >= 0.3 is 11.9 Å². The second-order valence-corrected chi connectivity index (χ2v) is 12.8. The smallest absolute Gasteiger partial charge is 0.308 e. The van der Waals surface area contributed by atoms with Crippen LogP contribution in [0.4, 0.5) is 0 Å². The van der Waals surface area contributed by atoms with Crippen molar-refractivity contribution in [1.29, 1.82) is 0 Å². The molecule has 3 fully saturated rings. The largest absolute Gasteiger partial charge is 0.481 e. The number of hydrogen-bond acceptors (Lipinski definition) is 9. The summed E-state index contributed by atoms with van der Waals surface area (Å²) in [5.41, 5.74) is 0.236. The highest BCUT2D eigenvalue weighted by atomic mass is 16.6. The van der Waals surface area contributed by atoms with Gasteiger partial charge in [0.05, 0.1) is 49.7 Å². The molecule has 0 aromatic heterocycles. The van der Waals surface area contributed by atoms with Gasteiger partial charge in [0.1, 0.15) is 23.9 Å². The highest BCUT2D eigenvalue weighted by Crippen LogP contribution is 2.43. The van der Waals surface area contributed by atoms with Crippen LogP contribution in [0.1, 0.15) is 73.6 Å². The lowest BCUT2D eigenvalue weighted by atomic mass is 9.87. The van der Waals surface area contributed by atoms with Gasteiger partial charge in [-0.15, -0.1) is 0 Å². The molecule has 0 aromatic carbocycles. The minimum absolute atomic E-state index is 0.0359. The Morgan fingerprint density at radius 3 is 2.47 bits per heavy atom. The zero-order valence-corrected chi connectivity index (χ0v) is 27.2. The fraction of sp³-hybridized carbons (Fsp3) is 0.697. The quantitative estimate of drug-likeness (QED) is 0.0963. The van der Waals surface area contributed by atoms with E-state index in [1.807, 2.05) is 19.9 Å². The molecule has 12 nitrogen and oxygen atoms in total. The number of allylic oxidation sites excluding steroid dienone is 2. The Morgan fingerprint density at radius 1 is 1.11 bits per heavy atom. The molecule has 4 N–H and O–H groups in total. The Hall–Kier alpha value is -3.06. The molecule has 9 atom stereocenters. The Morgan fingerprint density at radius 2 is 1.82 bits per heavy atom. The van der Waals surface area contributed by atoms with Crippen molar-refractivity contribution >= 4 is 23.8 Å². The van der Waals surface area contributed by atoms with Gasteiger partial charge in [0, 0.05) is 19.0 Å². The van der Waals surface area contributed by atoms with Crippen LogP contribution in [0.5, 0.6) is 0 Å². The summed E-state index contributed by atoms with van der Waals surface area (Å²) in [5, 5.41) is 25.2. The number of nitrogens with one attached hydrogen (secondary N) is 2. The van der Waals surface area contributed by atoms with Crippen molar-refractivity contribution in [3.8, 4) is 0 Å². The van der Waals surface area contributed by atoms with Gasteiger partial charge in [-0.3, -0.25) is 19.2 Å². The van der Waals surface area contributed by atoms with Crippen molar-refractivity contribution in [1.82, 2.24) is 10.6 Å². The number of carboxylic acids is 1. The van der Waals surface area contributed by atoms with Gasteiger partial charge in [0.15, 0.2) is 0 Å². The van der Waals surface area contributed by atoms with Gasteiger partial charge in [0.25, 0.3) is 0 Å². The number of ether oxygens (including phenoxy) is 4. The molecule has 3 heterocycles. The number of rotatable bonds is 14.